The lowest BCUT2D eigenvalue weighted by Gasteiger charge is -2.21. The molecule has 1 aliphatic rings. The molecule has 2 N–H and O–H groups in total. The molecule has 5 nitrogen and oxygen atoms in total. The largest absolute Gasteiger partial charge is 0.495 e. The summed E-state index contributed by atoms with van der Waals surface area (Å²) < 4.78 is 5.42. The van der Waals surface area contributed by atoms with E-state index in [0.29, 0.717) is 23.2 Å². The van der Waals surface area contributed by atoms with Crippen molar-refractivity contribution in [2.24, 2.45) is 5.92 Å². The fourth-order valence-corrected chi connectivity index (χ4v) is 3.10. The summed E-state index contributed by atoms with van der Waals surface area (Å²) in [5.74, 6) is 1.19. The standard InChI is InChI=1S/C17H20ClN3O2/c1-23-16-5-3-2-4-15(16)21-7-6-12(11-21)9-20-17(22)14-8-13(18)10-19-14/h2-5,8,10,12,19H,6-7,9,11H2,1H3,(H,20,22)/t12-/m0/s1. The van der Waals surface area contributed by atoms with Crippen molar-refractivity contribution >= 4 is 23.2 Å². The maximum absolute atomic E-state index is 12.0. The third-order valence-corrected chi connectivity index (χ3v) is 4.37. The number of carbonyl (C=O) groups is 1. The van der Waals surface area contributed by atoms with Gasteiger partial charge in [-0.2, -0.15) is 0 Å². The van der Waals surface area contributed by atoms with Gasteiger partial charge in [-0.3, -0.25) is 4.79 Å². The molecule has 1 aromatic carbocycles. The number of para-hydroxylation sites is 2. The van der Waals surface area contributed by atoms with Crippen molar-refractivity contribution in [2.75, 3.05) is 31.6 Å². The molecule has 0 unspecified atom stereocenters. The highest BCUT2D eigenvalue weighted by atomic mass is 35.5. The van der Waals surface area contributed by atoms with Crippen LogP contribution >= 0.6 is 11.6 Å². The first-order chi connectivity index (χ1) is 11.2. The summed E-state index contributed by atoms with van der Waals surface area (Å²) in [7, 11) is 1.69. The Morgan fingerprint density at radius 2 is 2.30 bits per heavy atom. The number of methoxy groups -OCH3 is 1. The van der Waals surface area contributed by atoms with E-state index in [9.17, 15) is 4.79 Å². The van der Waals surface area contributed by atoms with Crippen LogP contribution in [0, 0.1) is 5.92 Å². The summed E-state index contributed by atoms with van der Waals surface area (Å²) in [5.41, 5.74) is 1.61. The molecule has 0 spiro atoms. The van der Waals surface area contributed by atoms with Gasteiger partial charge in [0.2, 0.25) is 0 Å². The molecule has 1 fully saturated rings. The smallest absolute Gasteiger partial charge is 0.267 e. The Labute approximate surface area is 140 Å². The first kappa shape index (κ1) is 15.7. The average Bonchev–Trinajstić information content (AvgIpc) is 3.21. The van der Waals surface area contributed by atoms with Crippen LogP contribution in [-0.4, -0.2) is 37.6 Å². The molecule has 0 aliphatic carbocycles. The van der Waals surface area contributed by atoms with Crippen LogP contribution in [0.1, 0.15) is 16.9 Å². The van der Waals surface area contributed by atoms with Crippen LogP contribution in [0.3, 0.4) is 0 Å². The molecule has 1 aliphatic heterocycles. The number of anilines is 1. The molecular weight excluding hydrogens is 314 g/mol. The summed E-state index contributed by atoms with van der Waals surface area (Å²) in [4.78, 5) is 17.2. The fraction of sp³-hybridized carbons (Fsp3) is 0.353. The number of hydrogen-bond donors (Lipinski definition) is 2. The van der Waals surface area contributed by atoms with Crippen molar-refractivity contribution in [3.05, 3.63) is 47.2 Å². The highest BCUT2D eigenvalue weighted by Crippen LogP contribution is 2.31. The number of nitrogens with one attached hydrogen (secondary N) is 2. The average molecular weight is 334 g/mol. The maximum Gasteiger partial charge on any atom is 0.267 e. The molecule has 0 bridgehead atoms. The van der Waals surface area contributed by atoms with Crippen molar-refractivity contribution in [3.8, 4) is 5.75 Å². The second-order valence-corrected chi connectivity index (χ2v) is 6.15. The molecule has 122 valence electrons. The Hall–Kier alpha value is -2.14. The molecule has 0 radical (unpaired) electrons. The summed E-state index contributed by atoms with van der Waals surface area (Å²) in [6.07, 6.45) is 2.65. The van der Waals surface area contributed by atoms with Gasteiger partial charge in [-0.1, -0.05) is 23.7 Å². The van der Waals surface area contributed by atoms with Crippen LogP contribution in [0.15, 0.2) is 36.5 Å². The summed E-state index contributed by atoms with van der Waals surface area (Å²) in [6, 6.07) is 9.66. The molecule has 6 heteroatoms. The zero-order valence-electron chi connectivity index (χ0n) is 13.0. The van der Waals surface area contributed by atoms with Crippen molar-refractivity contribution < 1.29 is 9.53 Å². The minimum atomic E-state index is -0.118. The molecule has 3 rings (SSSR count). The van der Waals surface area contributed by atoms with Crippen molar-refractivity contribution in [3.63, 3.8) is 0 Å². The maximum atomic E-state index is 12.0. The summed E-state index contributed by atoms with van der Waals surface area (Å²) in [6.45, 7) is 2.53. The van der Waals surface area contributed by atoms with Crippen LogP contribution in [-0.2, 0) is 0 Å². The number of aromatic nitrogens is 1. The zero-order chi connectivity index (χ0) is 16.2. The number of halogens is 1. The third-order valence-electron chi connectivity index (χ3n) is 4.16. The topological polar surface area (TPSA) is 57.4 Å². The van der Waals surface area contributed by atoms with Gasteiger partial charge < -0.3 is 19.9 Å². The van der Waals surface area contributed by atoms with Gasteiger partial charge in [0.05, 0.1) is 17.8 Å². The Morgan fingerprint density at radius 3 is 3.04 bits per heavy atom. The SMILES string of the molecule is COc1ccccc1N1CC[C@@H](CNC(=O)c2cc(Cl)c[nH]2)C1. The van der Waals surface area contributed by atoms with E-state index in [-0.39, 0.29) is 5.91 Å². The van der Waals surface area contributed by atoms with E-state index in [0.717, 1.165) is 30.9 Å². The molecular formula is C17H20ClN3O2. The lowest BCUT2D eigenvalue weighted by Crippen LogP contribution is -2.31. The predicted octanol–water partition coefficient (Wildman–Crippen LogP) is 2.93. The lowest BCUT2D eigenvalue weighted by molar-refractivity contribution is 0.0944. The quantitative estimate of drug-likeness (QED) is 0.884. The van der Waals surface area contributed by atoms with E-state index in [2.05, 4.69) is 21.3 Å². The van der Waals surface area contributed by atoms with Gasteiger partial charge in [0.25, 0.3) is 5.91 Å². The predicted molar refractivity (Wildman–Crippen MR) is 91.4 cm³/mol. The van der Waals surface area contributed by atoms with Gasteiger partial charge in [-0.25, -0.2) is 0 Å². The lowest BCUT2D eigenvalue weighted by atomic mass is 10.1. The molecule has 2 aromatic rings. The van der Waals surface area contributed by atoms with E-state index in [1.165, 1.54) is 0 Å². The Morgan fingerprint density at radius 1 is 1.48 bits per heavy atom. The summed E-state index contributed by atoms with van der Waals surface area (Å²) >= 11 is 5.82. The van der Waals surface area contributed by atoms with E-state index >= 15 is 0 Å². The molecule has 1 atom stereocenters. The molecule has 2 heterocycles. The van der Waals surface area contributed by atoms with Gasteiger partial charge >= 0.3 is 0 Å². The number of H-pyrrole nitrogens is 1. The second-order valence-electron chi connectivity index (χ2n) is 5.71. The van der Waals surface area contributed by atoms with Crippen molar-refractivity contribution in [2.45, 2.75) is 6.42 Å². The molecule has 1 aromatic heterocycles. The number of benzene rings is 1. The Balaban J connectivity index is 1.55. The normalized spacial score (nSPS) is 17.3. The van der Waals surface area contributed by atoms with E-state index in [4.69, 9.17) is 16.3 Å². The van der Waals surface area contributed by atoms with Crippen LogP contribution in [0.25, 0.3) is 0 Å². The number of aromatic amines is 1. The Bertz CT molecular complexity index is 686. The first-order valence-corrected chi connectivity index (χ1v) is 8.05. The zero-order valence-corrected chi connectivity index (χ0v) is 13.8. The van der Waals surface area contributed by atoms with Crippen molar-refractivity contribution in [1.29, 1.82) is 0 Å². The highest BCUT2D eigenvalue weighted by Gasteiger charge is 2.25. The number of carbonyl (C=O) groups excluding carboxylic acids is 1. The molecule has 1 amide bonds. The van der Waals surface area contributed by atoms with Crippen LogP contribution in [0.2, 0.25) is 5.02 Å². The van der Waals surface area contributed by atoms with E-state index in [1.54, 1.807) is 19.4 Å². The van der Waals surface area contributed by atoms with Crippen LogP contribution in [0.4, 0.5) is 5.69 Å². The third kappa shape index (κ3) is 3.62. The minimum absolute atomic E-state index is 0.118. The van der Waals surface area contributed by atoms with Gasteiger partial charge in [0.1, 0.15) is 11.4 Å². The van der Waals surface area contributed by atoms with Gasteiger partial charge in [0.15, 0.2) is 0 Å². The first-order valence-electron chi connectivity index (χ1n) is 7.67. The minimum Gasteiger partial charge on any atom is -0.495 e. The van der Waals surface area contributed by atoms with E-state index < -0.39 is 0 Å². The van der Waals surface area contributed by atoms with E-state index in [1.807, 2.05) is 18.2 Å². The number of nitrogens with zero attached hydrogens (tertiary/aromatic N) is 1. The number of amides is 1. The Kier molecular flexibility index (Phi) is 4.76. The summed E-state index contributed by atoms with van der Waals surface area (Å²) in [5, 5.41) is 3.51. The monoisotopic (exact) mass is 333 g/mol. The number of ether oxygens (including phenoxy) is 1. The number of rotatable bonds is 5. The van der Waals surface area contributed by atoms with Crippen molar-refractivity contribution in [1.82, 2.24) is 10.3 Å². The van der Waals surface area contributed by atoms with Gasteiger partial charge in [-0.15, -0.1) is 0 Å². The second kappa shape index (κ2) is 6.96. The number of hydrogen-bond acceptors (Lipinski definition) is 3. The van der Waals surface area contributed by atoms with Gasteiger partial charge in [0, 0.05) is 25.8 Å². The molecule has 23 heavy (non-hydrogen) atoms. The van der Waals surface area contributed by atoms with Crippen LogP contribution in [0.5, 0.6) is 5.75 Å². The molecule has 0 saturated carbocycles. The molecule has 1 saturated heterocycles. The van der Waals surface area contributed by atoms with Gasteiger partial charge in [-0.05, 0) is 30.5 Å². The van der Waals surface area contributed by atoms with Crippen LogP contribution < -0.4 is 15.0 Å². The highest BCUT2D eigenvalue weighted by molar-refractivity contribution is 6.30. The fourth-order valence-electron chi connectivity index (χ4n) is 2.94.